The van der Waals surface area contributed by atoms with Crippen molar-refractivity contribution in [3.8, 4) is 0 Å². The number of primary sulfonamides is 1. The van der Waals surface area contributed by atoms with Crippen LogP contribution in [-0.2, 0) is 14.8 Å². The van der Waals surface area contributed by atoms with E-state index in [1.807, 2.05) is 0 Å². The Kier molecular flexibility index (Phi) is 5.23. The third-order valence-corrected chi connectivity index (χ3v) is 4.55. The minimum Gasteiger partial charge on any atom is -0.479 e. The van der Waals surface area contributed by atoms with Gasteiger partial charge in [0.25, 0.3) is 5.91 Å². The van der Waals surface area contributed by atoms with E-state index in [1.54, 1.807) is 30.3 Å². The van der Waals surface area contributed by atoms with Crippen LogP contribution >= 0.6 is 11.6 Å². The van der Waals surface area contributed by atoms with Crippen molar-refractivity contribution in [2.75, 3.05) is 0 Å². The van der Waals surface area contributed by atoms with Crippen LogP contribution in [0.4, 0.5) is 0 Å². The van der Waals surface area contributed by atoms with E-state index in [0.29, 0.717) is 5.56 Å². The Balaban J connectivity index is 2.33. The normalized spacial score (nSPS) is 12.4. The molecular weight excluding hydrogens is 356 g/mol. The number of hydrogen-bond donors (Lipinski definition) is 3. The van der Waals surface area contributed by atoms with Gasteiger partial charge >= 0.3 is 5.97 Å². The molecule has 0 aliphatic carbocycles. The first-order valence-corrected chi connectivity index (χ1v) is 8.53. The Morgan fingerprint density at radius 3 is 2.29 bits per heavy atom. The lowest BCUT2D eigenvalue weighted by Crippen LogP contribution is -2.33. The van der Waals surface area contributed by atoms with Crippen molar-refractivity contribution >= 4 is 33.5 Å². The number of rotatable bonds is 5. The van der Waals surface area contributed by atoms with Gasteiger partial charge in [-0.05, 0) is 23.8 Å². The van der Waals surface area contributed by atoms with Gasteiger partial charge in [0, 0.05) is 5.56 Å². The lowest BCUT2D eigenvalue weighted by Gasteiger charge is -2.15. The first-order valence-electron chi connectivity index (χ1n) is 6.61. The van der Waals surface area contributed by atoms with E-state index in [2.05, 4.69) is 5.32 Å². The fourth-order valence-electron chi connectivity index (χ4n) is 2.01. The molecule has 2 rings (SSSR count). The van der Waals surface area contributed by atoms with Crippen LogP contribution in [0.1, 0.15) is 22.0 Å². The van der Waals surface area contributed by atoms with Crippen molar-refractivity contribution in [3.63, 3.8) is 0 Å². The van der Waals surface area contributed by atoms with Gasteiger partial charge < -0.3 is 10.4 Å². The molecule has 0 saturated heterocycles. The largest absolute Gasteiger partial charge is 0.479 e. The molecule has 4 N–H and O–H groups in total. The highest BCUT2D eigenvalue weighted by Gasteiger charge is 2.23. The van der Waals surface area contributed by atoms with E-state index in [-0.39, 0.29) is 10.6 Å². The highest BCUT2D eigenvalue weighted by atomic mass is 35.5. The Hall–Kier alpha value is -2.42. The van der Waals surface area contributed by atoms with Gasteiger partial charge in [-0.25, -0.2) is 18.4 Å². The van der Waals surface area contributed by atoms with Crippen molar-refractivity contribution in [2.24, 2.45) is 5.14 Å². The van der Waals surface area contributed by atoms with Crippen LogP contribution in [0.2, 0.25) is 5.02 Å². The summed E-state index contributed by atoms with van der Waals surface area (Å²) in [4.78, 5) is 23.3. The van der Waals surface area contributed by atoms with Gasteiger partial charge in [-0.1, -0.05) is 41.9 Å². The summed E-state index contributed by atoms with van der Waals surface area (Å²) in [5.41, 5.74) is 0.296. The number of carboxylic acids is 1. The van der Waals surface area contributed by atoms with Gasteiger partial charge in [-0.2, -0.15) is 0 Å². The molecule has 7 nitrogen and oxygen atoms in total. The second-order valence-corrected chi connectivity index (χ2v) is 6.78. The number of carboxylic acid groups (broad SMARTS) is 1. The summed E-state index contributed by atoms with van der Waals surface area (Å²) >= 11 is 5.75. The molecule has 9 heteroatoms. The van der Waals surface area contributed by atoms with Crippen molar-refractivity contribution in [2.45, 2.75) is 10.9 Å². The fourth-order valence-corrected chi connectivity index (χ4v) is 3.08. The predicted octanol–water partition coefficient (Wildman–Crippen LogP) is 1.54. The zero-order valence-electron chi connectivity index (χ0n) is 12.1. The number of amides is 1. The number of aliphatic carboxylic acids is 1. The van der Waals surface area contributed by atoms with Crippen LogP contribution in [0.5, 0.6) is 0 Å². The minimum absolute atomic E-state index is 0.0781. The smallest absolute Gasteiger partial charge is 0.330 e. The maximum atomic E-state index is 12.3. The van der Waals surface area contributed by atoms with E-state index in [4.69, 9.17) is 16.7 Å². The Morgan fingerprint density at radius 2 is 1.75 bits per heavy atom. The predicted molar refractivity (Wildman–Crippen MR) is 87.1 cm³/mol. The summed E-state index contributed by atoms with van der Waals surface area (Å²) in [5.74, 6) is -2.02. The van der Waals surface area contributed by atoms with E-state index < -0.39 is 32.8 Å². The molecule has 0 heterocycles. The average molecular weight is 369 g/mol. The van der Waals surface area contributed by atoms with Crippen LogP contribution in [0.15, 0.2) is 53.4 Å². The first kappa shape index (κ1) is 17.9. The van der Waals surface area contributed by atoms with Crippen molar-refractivity contribution in [1.29, 1.82) is 0 Å². The molecule has 1 atom stereocenters. The molecule has 0 aliphatic rings. The third kappa shape index (κ3) is 4.10. The number of benzene rings is 2. The van der Waals surface area contributed by atoms with E-state index in [1.165, 1.54) is 12.1 Å². The lowest BCUT2D eigenvalue weighted by molar-refractivity contribution is -0.139. The van der Waals surface area contributed by atoms with Crippen LogP contribution in [0.3, 0.4) is 0 Å². The topological polar surface area (TPSA) is 127 Å². The van der Waals surface area contributed by atoms with Crippen molar-refractivity contribution < 1.29 is 23.1 Å². The highest BCUT2D eigenvalue weighted by Crippen LogP contribution is 2.22. The summed E-state index contributed by atoms with van der Waals surface area (Å²) in [6.45, 7) is 0. The number of carbonyl (C=O) groups is 2. The molecule has 1 amide bonds. The molecule has 0 radical (unpaired) electrons. The van der Waals surface area contributed by atoms with E-state index in [9.17, 15) is 23.1 Å². The summed E-state index contributed by atoms with van der Waals surface area (Å²) in [6, 6.07) is 10.3. The van der Waals surface area contributed by atoms with Gasteiger partial charge in [-0.3, -0.25) is 4.79 Å². The zero-order chi connectivity index (χ0) is 17.9. The fraction of sp³-hybridized carbons (Fsp3) is 0.0667. The highest BCUT2D eigenvalue weighted by molar-refractivity contribution is 7.89. The average Bonchev–Trinajstić information content (AvgIpc) is 2.52. The SMILES string of the molecule is NS(=O)(=O)c1cc(C(=O)N[C@@H](C(=O)O)c2ccccc2)ccc1Cl. The quantitative estimate of drug-likeness (QED) is 0.737. The molecule has 0 aromatic heterocycles. The van der Waals surface area contributed by atoms with Crippen molar-refractivity contribution in [1.82, 2.24) is 5.32 Å². The van der Waals surface area contributed by atoms with Crippen molar-refractivity contribution in [3.05, 3.63) is 64.7 Å². The number of nitrogens with one attached hydrogen (secondary N) is 1. The second kappa shape index (κ2) is 7.00. The molecule has 0 unspecified atom stereocenters. The minimum atomic E-state index is -4.11. The summed E-state index contributed by atoms with van der Waals surface area (Å²) in [6.07, 6.45) is 0. The van der Waals surface area contributed by atoms with Crippen LogP contribution in [-0.4, -0.2) is 25.4 Å². The number of sulfonamides is 1. The molecule has 0 spiro atoms. The number of carbonyl (C=O) groups excluding carboxylic acids is 1. The van der Waals surface area contributed by atoms with Crippen LogP contribution < -0.4 is 10.5 Å². The Labute approximate surface area is 143 Å². The molecule has 0 fully saturated rings. The van der Waals surface area contributed by atoms with Gasteiger partial charge in [-0.15, -0.1) is 0 Å². The standard InChI is InChI=1S/C15H13ClN2O5S/c16-11-7-6-10(8-12(11)24(17,22)23)14(19)18-13(15(20)21)9-4-2-1-3-5-9/h1-8,13H,(H,18,19)(H,20,21)(H2,17,22,23)/t13-/m1/s1. The molecule has 0 bridgehead atoms. The van der Waals surface area contributed by atoms with Crippen LogP contribution in [0.25, 0.3) is 0 Å². The molecule has 2 aromatic carbocycles. The maximum absolute atomic E-state index is 12.3. The van der Waals surface area contributed by atoms with Crippen LogP contribution in [0, 0.1) is 0 Å². The molecule has 0 saturated carbocycles. The van der Waals surface area contributed by atoms with Gasteiger partial charge in [0.15, 0.2) is 6.04 Å². The molecule has 24 heavy (non-hydrogen) atoms. The molecular formula is C15H13ClN2O5S. The monoisotopic (exact) mass is 368 g/mol. The first-order chi connectivity index (χ1) is 11.2. The van der Waals surface area contributed by atoms with Gasteiger partial charge in [0.1, 0.15) is 4.90 Å². The third-order valence-electron chi connectivity index (χ3n) is 3.16. The summed E-state index contributed by atoms with van der Waals surface area (Å²) < 4.78 is 22.9. The number of halogens is 1. The van der Waals surface area contributed by atoms with Gasteiger partial charge in [0.05, 0.1) is 5.02 Å². The Morgan fingerprint density at radius 1 is 1.12 bits per heavy atom. The lowest BCUT2D eigenvalue weighted by atomic mass is 10.1. The molecule has 0 aliphatic heterocycles. The number of hydrogen-bond acceptors (Lipinski definition) is 4. The summed E-state index contributed by atoms with van der Waals surface area (Å²) in [7, 11) is -4.11. The zero-order valence-corrected chi connectivity index (χ0v) is 13.7. The van der Waals surface area contributed by atoms with E-state index in [0.717, 1.165) is 6.07 Å². The molecule has 2 aromatic rings. The summed E-state index contributed by atoms with van der Waals surface area (Å²) in [5, 5.41) is 16.5. The second-order valence-electron chi connectivity index (χ2n) is 4.85. The van der Waals surface area contributed by atoms with E-state index >= 15 is 0 Å². The van der Waals surface area contributed by atoms with Gasteiger partial charge in [0.2, 0.25) is 10.0 Å². The maximum Gasteiger partial charge on any atom is 0.330 e. The molecule has 126 valence electrons. The Bertz CT molecular complexity index is 884. The number of nitrogens with two attached hydrogens (primary N) is 1.